The van der Waals surface area contributed by atoms with Crippen molar-refractivity contribution in [2.45, 2.75) is 33.0 Å². The standard InChI is InChI=1S/C20H30N2O4/c1-13-5-4-6-18(19(13)24)20(25)22-10-16(17(11-22)12-23)9-21-7-14(2)26-15(3)8-21/h4-6,14-17,23-24H,7-12H2,1-3H3/t14-,15+,16-,17-/m1/s1. The second-order valence-corrected chi connectivity index (χ2v) is 7.86. The number of aliphatic hydroxyl groups excluding tert-OH is 1. The molecule has 0 radical (unpaired) electrons. The van der Waals surface area contributed by atoms with Crippen LogP contribution in [0.3, 0.4) is 0 Å². The quantitative estimate of drug-likeness (QED) is 0.849. The molecule has 6 heteroatoms. The van der Waals surface area contributed by atoms with Crippen LogP contribution in [0.1, 0.15) is 29.8 Å². The maximum atomic E-state index is 12.9. The molecule has 0 unspecified atom stereocenters. The van der Waals surface area contributed by atoms with Crippen molar-refractivity contribution >= 4 is 5.91 Å². The second kappa shape index (κ2) is 7.94. The molecule has 144 valence electrons. The van der Waals surface area contributed by atoms with Crippen LogP contribution in [0.15, 0.2) is 18.2 Å². The van der Waals surface area contributed by atoms with Gasteiger partial charge in [-0.05, 0) is 38.3 Å². The van der Waals surface area contributed by atoms with Crippen LogP contribution in [-0.4, -0.2) is 77.5 Å². The van der Waals surface area contributed by atoms with E-state index in [9.17, 15) is 15.0 Å². The van der Waals surface area contributed by atoms with Crippen LogP contribution < -0.4 is 0 Å². The van der Waals surface area contributed by atoms with E-state index in [4.69, 9.17) is 4.74 Å². The Bertz CT molecular complexity index is 641. The fourth-order valence-corrected chi connectivity index (χ4v) is 4.29. The molecule has 2 aliphatic heterocycles. The summed E-state index contributed by atoms with van der Waals surface area (Å²) < 4.78 is 5.79. The van der Waals surface area contributed by atoms with Crippen molar-refractivity contribution in [1.29, 1.82) is 0 Å². The lowest BCUT2D eigenvalue weighted by Gasteiger charge is -2.37. The summed E-state index contributed by atoms with van der Waals surface area (Å²) in [4.78, 5) is 17.0. The molecule has 2 heterocycles. The third-order valence-corrected chi connectivity index (χ3v) is 5.55. The number of aryl methyl sites for hydroxylation is 1. The number of morpholine rings is 1. The third kappa shape index (κ3) is 4.03. The molecular formula is C20H30N2O4. The van der Waals surface area contributed by atoms with E-state index in [2.05, 4.69) is 18.7 Å². The monoisotopic (exact) mass is 362 g/mol. The van der Waals surface area contributed by atoms with Gasteiger partial charge in [-0.1, -0.05) is 12.1 Å². The number of carbonyl (C=O) groups is 1. The lowest BCUT2D eigenvalue weighted by molar-refractivity contribution is -0.0726. The minimum absolute atomic E-state index is 0.0531. The second-order valence-electron chi connectivity index (χ2n) is 7.86. The Balaban J connectivity index is 1.68. The van der Waals surface area contributed by atoms with E-state index in [1.165, 1.54) is 0 Å². The fourth-order valence-electron chi connectivity index (χ4n) is 4.29. The molecule has 0 aromatic heterocycles. The predicted molar refractivity (Wildman–Crippen MR) is 99.3 cm³/mol. The summed E-state index contributed by atoms with van der Waals surface area (Å²) in [6.45, 7) is 9.78. The maximum Gasteiger partial charge on any atom is 0.257 e. The molecular weight excluding hydrogens is 332 g/mol. The van der Waals surface area contributed by atoms with Crippen LogP contribution >= 0.6 is 0 Å². The number of phenols is 1. The molecule has 1 aromatic rings. The van der Waals surface area contributed by atoms with E-state index in [0.717, 1.165) is 19.6 Å². The Labute approximate surface area is 155 Å². The van der Waals surface area contributed by atoms with Crippen LogP contribution in [0.25, 0.3) is 0 Å². The molecule has 2 saturated heterocycles. The molecule has 26 heavy (non-hydrogen) atoms. The average Bonchev–Trinajstić information content (AvgIpc) is 2.98. The zero-order valence-corrected chi connectivity index (χ0v) is 15.9. The zero-order chi connectivity index (χ0) is 18.8. The summed E-state index contributed by atoms with van der Waals surface area (Å²) in [6, 6.07) is 5.24. The third-order valence-electron chi connectivity index (χ3n) is 5.55. The smallest absolute Gasteiger partial charge is 0.257 e. The molecule has 1 aromatic carbocycles. The van der Waals surface area contributed by atoms with Crippen molar-refractivity contribution in [3.8, 4) is 5.75 Å². The van der Waals surface area contributed by atoms with Crippen LogP contribution in [0.2, 0.25) is 0 Å². The Morgan fingerprint density at radius 1 is 1.15 bits per heavy atom. The first-order chi connectivity index (χ1) is 12.4. The van der Waals surface area contributed by atoms with Crippen LogP contribution in [0.5, 0.6) is 5.75 Å². The predicted octanol–water partition coefficient (Wildman–Crippen LogP) is 1.49. The van der Waals surface area contributed by atoms with E-state index in [-0.39, 0.29) is 42.3 Å². The van der Waals surface area contributed by atoms with Gasteiger partial charge in [-0.25, -0.2) is 0 Å². The Kier molecular flexibility index (Phi) is 5.85. The average molecular weight is 362 g/mol. The summed E-state index contributed by atoms with van der Waals surface area (Å²) in [5.74, 6) is 0.195. The number of ether oxygens (including phenoxy) is 1. The topological polar surface area (TPSA) is 73.2 Å². The summed E-state index contributed by atoms with van der Waals surface area (Å²) in [7, 11) is 0. The van der Waals surface area contributed by atoms with Gasteiger partial charge in [0.15, 0.2) is 0 Å². The van der Waals surface area contributed by atoms with Crippen molar-refractivity contribution in [1.82, 2.24) is 9.80 Å². The van der Waals surface area contributed by atoms with E-state index in [1.54, 1.807) is 30.0 Å². The van der Waals surface area contributed by atoms with Crippen molar-refractivity contribution in [2.75, 3.05) is 39.3 Å². The number of para-hydroxylation sites is 1. The summed E-state index contributed by atoms with van der Waals surface area (Å²) >= 11 is 0. The van der Waals surface area contributed by atoms with Crippen LogP contribution in [-0.2, 0) is 4.74 Å². The van der Waals surface area contributed by atoms with Gasteiger partial charge in [-0.2, -0.15) is 0 Å². The largest absolute Gasteiger partial charge is 0.507 e. The first kappa shape index (κ1) is 19.1. The number of phenolic OH excluding ortho intramolecular Hbond substituents is 1. The number of benzene rings is 1. The molecule has 0 spiro atoms. The number of hydrogen-bond donors (Lipinski definition) is 2. The summed E-state index contributed by atoms with van der Waals surface area (Å²) in [6.07, 6.45) is 0.407. The molecule has 0 bridgehead atoms. The van der Waals surface area contributed by atoms with E-state index < -0.39 is 0 Å². The normalized spacial score (nSPS) is 29.9. The number of hydrogen-bond acceptors (Lipinski definition) is 5. The van der Waals surface area contributed by atoms with Gasteiger partial charge in [0.25, 0.3) is 5.91 Å². The van der Waals surface area contributed by atoms with Gasteiger partial charge >= 0.3 is 0 Å². The first-order valence-electron chi connectivity index (χ1n) is 9.45. The number of likely N-dealkylation sites (tertiary alicyclic amines) is 1. The lowest BCUT2D eigenvalue weighted by atomic mass is 9.96. The Morgan fingerprint density at radius 3 is 2.46 bits per heavy atom. The summed E-state index contributed by atoms with van der Waals surface area (Å²) in [5, 5.41) is 20.0. The lowest BCUT2D eigenvalue weighted by Crippen LogP contribution is -2.48. The highest BCUT2D eigenvalue weighted by molar-refractivity contribution is 5.97. The summed E-state index contributed by atoms with van der Waals surface area (Å²) in [5.41, 5.74) is 1.04. The fraction of sp³-hybridized carbons (Fsp3) is 0.650. The highest BCUT2D eigenvalue weighted by atomic mass is 16.5. The maximum absolute atomic E-state index is 12.9. The Morgan fingerprint density at radius 2 is 1.81 bits per heavy atom. The molecule has 1 amide bonds. The molecule has 0 saturated carbocycles. The number of aromatic hydroxyl groups is 1. The minimum Gasteiger partial charge on any atom is -0.507 e. The van der Waals surface area contributed by atoms with Crippen molar-refractivity contribution < 1.29 is 19.7 Å². The molecule has 2 N–H and O–H groups in total. The molecule has 4 atom stereocenters. The number of rotatable bonds is 4. The highest BCUT2D eigenvalue weighted by Gasteiger charge is 2.37. The highest BCUT2D eigenvalue weighted by Crippen LogP contribution is 2.29. The van der Waals surface area contributed by atoms with Gasteiger partial charge in [0.1, 0.15) is 5.75 Å². The van der Waals surface area contributed by atoms with E-state index in [0.29, 0.717) is 24.2 Å². The molecule has 3 rings (SSSR count). The van der Waals surface area contributed by atoms with Gasteiger partial charge in [0, 0.05) is 45.2 Å². The first-order valence-corrected chi connectivity index (χ1v) is 9.45. The molecule has 2 aliphatic rings. The Hall–Kier alpha value is -1.63. The van der Waals surface area contributed by atoms with Crippen LogP contribution in [0.4, 0.5) is 0 Å². The van der Waals surface area contributed by atoms with Crippen LogP contribution in [0, 0.1) is 18.8 Å². The van der Waals surface area contributed by atoms with Crippen molar-refractivity contribution in [2.24, 2.45) is 11.8 Å². The van der Waals surface area contributed by atoms with Gasteiger partial charge in [-0.3, -0.25) is 9.69 Å². The number of nitrogens with zero attached hydrogens (tertiary/aromatic N) is 2. The minimum atomic E-state index is -0.157. The molecule has 2 fully saturated rings. The van der Waals surface area contributed by atoms with Crippen molar-refractivity contribution in [3.05, 3.63) is 29.3 Å². The number of carbonyl (C=O) groups excluding carboxylic acids is 1. The van der Waals surface area contributed by atoms with Gasteiger partial charge in [-0.15, -0.1) is 0 Å². The van der Waals surface area contributed by atoms with Crippen molar-refractivity contribution in [3.63, 3.8) is 0 Å². The van der Waals surface area contributed by atoms with E-state index >= 15 is 0 Å². The van der Waals surface area contributed by atoms with Gasteiger partial charge in [0.05, 0.1) is 17.8 Å². The van der Waals surface area contributed by atoms with Gasteiger partial charge in [0.2, 0.25) is 0 Å². The molecule has 0 aliphatic carbocycles. The number of amides is 1. The zero-order valence-electron chi connectivity index (χ0n) is 15.9. The van der Waals surface area contributed by atoms with Gasteiger partial charge < -0.3 is 19.8 Å². The van der Waals surface area contributed by atoms with E-state index in [1.807, 2.05) is 0 Å². The molecule has 6 nitrogen and oxygen atoms in total. The number of aliphatic hydroxyl groups is 1. The SMILES string of the molecule is Cc1cccc(C(=O)N2C[C@@H](CN3C[C@@H](C)O[C@@H](C)C3)[C@@H](CO)C2)c1O.